The van der Waals surface area contributed by atoms with Gasteiger partial charge in [-0.25, -0.2) is 0 Å². The lowest BCUT2D eigenvalue weighted by Crippen LogP contribution is -2.30. The van der Waals surface area contributed by atoms with Crippen molar-refractivity contribution in [2.45, 2.75) is 19.8 Å². The van der Waals surface area contributed by atoms with E-state index < -0.39 is 0 Å². The molecule has 94 valence electrons. The van der Waals surface area contributed by atoms with Gasteiger partial charge >= 0.3 is 0 Å². The van der Waals surface area contributed by atoms with Crippen LogP contribution in [-0.2, 0) is 0 Å². The van der Waals surface area contributed by atoms with E-state index in [9.17, 15) is 4.79 Å². The second-order valence-corrected chi connectivity index (χ2v) is 5.62. The second kappa shape index (κ2) is 4.60. The van der Waals surface area contributed by atoms with Gasteiger partial charge in [0.2, 0.25) is 0 Å². The molecule has 1 aromatic carbocycles. The topological polar surface area (TPSA) is 29.1 Å². The Labute approximate surface area is 108 Å². The molecule has 0 saturated heterocycles. The minimum Gasteiger partial charge on any atom is -0.352 e. The number of allylic oxidation sites excluding steroid dienone is 2. The number of aryl methyl sites for hydroxylation is 1. The summed E-state index contributed by atoms with van der Waals surface area (Å²) in [6.07, 6.45) is 7.21. The number of carbonyl (C=O) groups is 1. The molecule has 2 heteroatoms. The molecule has 18 heavy (non-hydrogen) atoms. The quantitative estimate of drug-likeness (QED) is 0.810. The summed E-state index contributed by atoms with van der Waals surface area (Å²) in [7, 11) is 0. The summed E-state index contributed by atoms with van der Waals surface area (Å²) in [6, 6.07) is 7.75. The molecule has 1 fully saturated rings. The van der Waals surface area contributed by atoms with Gasteiger partial charge in [-0.15, -0.1) is 0 Å². The highest BCUT2D eigenvalue weighted by Gasteiger charge is 2.35. The summed E-state index contributed by atoms with van der Waals surface area (Å²) < 4.78 is 0. The molecular formula is C16H19NO. The number of hydrogen-bond donors (Lipinski definition) is 1. The first kappa shape index (κ1) is 11.5. The Morgan fingerprint density at radius 3 is 2.61 bits per heavy atom. The standard InChI is InChI=1S/C16H19NO/c1-11-2-5-13(6-3-11)16(18)17-10-15-9-12-4-7-14(15)8-12/h2-7,12,14-15H,8-10H2,1H3,(H,17,18)/t12-,14-,15-/m0/s1. The van der Waals surface area contributed by atoms with E-state index in [0.29, 0.717) is 11.8 Å². The summed E-state index contributed by atoms with van der Waals surface area (Å²) in [5.74, 6) is 2.18. The average Bonchev–Trinajstić information content (AvgIpc) is 2.99. The molecule has 1 aromatic rings. The monoisotopic (exact) mass is 241 g/mol. The fraction of sp³-hybridized carbons (Fsp3) is 0.438. The van der Waals surface area contributed by atoms with E-state index in [1.165, 1.54) is 18.4 Å². The molecule has 1 amide bonds. The maximum Gasteiger partial charge on any atom is 0.251 e. The first-order chi connectivity index (χ1) is 8.72. The molecule has 0 unspecified atom stereocenters. The van der Waals surface area contributed by atoms with Crippen LogP contribution in [0.5, 0.6) is 0 Å². The maximum atomic E-state index is 12.0. The highest BCUT2D eigenvalue weighted by molar-refractivity contribution is 5.94. The molecule has 0 radical (unpaired) electrons. The molecule has 3 atom stereocenters. The van der Waals surface area contributed by atoms with Crippen molar-refractivity contribution >= 4 is 5.91 Å². The molecule has 2 bridgehead atoms. The summed E-state index contributed by atoms with van der Waals surface area (Å²) in [4.78, 5) is 12.0. The Bertz CT molecular complexity index is 474. The van der Waals surface area contributed by atoms with Crippen LogP contribution in [0.3, 0.4) is 0 Å². The van der Waals surface area contributed by atoms with E-state index in [2.05, 4.69) is 17.5 Å². The number of rotatable bonds is 3. The number of hydrogen-bond acceptors (Lipinski definition) is 1. The maximum absolute atomic E-state index is 12.0. The molecule has 0 heterocycles. The normalized spacial score (nSPS) is 28.6. The molecule has 3 rings (SSSR count). The van der Waals surface area contributed by atoms with Gasteiger partial charge < -0.3 is 5.32 Å². The van der Waals surface area contributed by atoms with Crippen LogP contribution in [0, 0.1) is 24.7 Å². The van der Waals surface area contributed by atoms with Crippen molar-refractivity contribution < 1.29 is 4.79 Å². The zero-order valence-corrected chi connectivity index (χ0v) is 10.7. The largest absolute Gasteiger partial charge is 0.352 e. The van der Waals surface area contributed by atoms with Gasteiger partial charge in [-0.05, 0) is 49.7 Å². The molecule has 1 N–H and O–H groups in total. The van der Waals surface area contributed by atoms with Gasteiger partial charge in [0.05, 0.1) is 0 Å². The molecule has 1 saturated carbocycles. The molecule has 2 nitrogen and oxygen atoms in total. The van der Waals surface area contributed by atoms with Crippen molar-refractivity contribution in [3.8, 4) is 0 Å². The molecular weight excluding hydrogens is 222 g/mol. The third-order valence-corrected chi connectivity index (χ3v) is 4.25. The lowest BCUT2D eigenvalue weighted by atomic mass is 9.93. The van der Waals surface area contributed by atoms with Gasteiger partial charge in [0.1, 0.15) is 0 Å². The van der Waals surface area contributed by atoms with Gasteiger partial charge in [0.15, 0.2) is 0 Å². The molecule has 2 aliphatic rings. The Kier molecular flexibility index (Phi) is 2.94. The molecule has 0 aliphatic heterocycles. The van der Waals surface area contributed by atoms with Gasteiger partial charge in [0, 0.05) is 12.1 Å². The predicted octanol–water partition coefficient (Wildman–Crippen LogP) is 2.94. The minimum absolute atomic E-state index is 0.0572. The van der Waals surface area contributed by atoms with Crippen LogP contribution in [0.25, 0.3) is 0 Å². The van der Waals surface area contributed by atoms with E-state index >= 15 is 0 Å². The number of amides is 1. The Hall–Kier alpha value is -1.57. The Morgan fingerprint density at radius 1 is 1.22 bits per heavy atom. The van der Waals surface area contributed by atoms with Crippen molar-refractivity contribution in [2.24, 2.45) is 17.8 Å². The van der Waals surface area contributed by atoms with E-state index in [4.69, 9.17) is 0 Å². The third kappa shape index (κ3) is 2.20. The highest BCUT2D eigenvalue weighted by atomic mass is 16.1. The van der Waals surface area contributed by atoms with Gasteiger partial charge in [0.25, 0.3) is 5.91 Å². The fourth-order valence-corrected chi connectivity index (χ4v) is 3.16. The minimum atomic E-state index is 0.0572. The van der Waals surface area contributed by atoms with E-state index in [1.807, 2.05) is 31.2 Å². The molecule has 0 spiro atoms. The van der Waals surface area contributed by atoms with E-state index in [-0.39, 0.29) is 5.91 Å². The second-order valence-electron chi connectivity index (χ2n) is 5.62. The zero-order chi connectivity index (χ0) is 12.5. The van der Waals surface area contributed by atoms with Crippen LogP contribution in [-0.4, -0.2) is 12.5 Å². The van der Waals surface area contributed by atoms with Crippen molar-refractivity contribution in [1.29, 1.82) is 0 Å². The van der Waals surface area contributed by atoms with Crippen molar-refractivity contribution in [3.05, 3.63) is 47.5 Å². The van der Waals surface area contributed by atoms with Crippen molar-refractivity contribution in [2.75, 3.05) is 6.54 Å². The first-order valence-corrected chi connectivity index (χ1v) is 6.75. The Morgan fingerprint density at radius 2 is 2.00 bits per heavy atom. The van der Waals surface area contributed by atoms with Crippen molar-refractivity contribution in [1.82, 2.24) is 5.32 Å². The summed E-state index contributed by atoms with van der Waals surface area (Å²) in [5.41, 5.74) is 1.95. The van der Waals surface area contributed by atoms with Gasteiger partial charge in [-0.2, -0.15) is 0 Å². The third-order valence-electron chi connectivity index (χ3n) is 4.25. The molecule has 2 aliphatic carbocycles. The van der Waals surface area contributed by atoms with Gasteiger partial charge in [-0.3, -0.25) is 4.79 Å². The summed E-state index contributed by atoms with van der Waals surface area (Å²) in [6.45, 7) is 2.85. The number of carbonyl (C=O) groups excluding carboxylic acids is 1. The van der Waals surface area contributed by atoms with E-state index in [0.717, 1.165) is 18.0 Å². The van der Waals surface area contributed by atoms with Crippen LogP contribution in [0.4, 0.5) is 0 Å². The number of benzene rings is 1. The van der Waals surface area contributed by atoms with Gasteiger partial charge in [-0.1, -0.05) is 29.8 Å². The van der Waals surface area contributed by atoms with Crippen LogP contribution in [0.1, 0.15) is 28.8 Å². The SMILES string of the molecule is Cc1ccc(C(=O)NC[C@@H]2C[C@H]3C=C[C@H]2C3)cc1. The van der Waals surface area contributed by atoms with Crippen molar-refractivity contribution in [3.63, 3.8) is 0 Å². The fourth-order valence-electron chi connectivity index (χ4n) is 3.16. The zero-order valence-electron chi connectivity index (χ0n) is 10.7. The number of nitrogens with one attached hydrogen (secondary N) is 1. The van der Waals surface area contributed by atoms with E-state index in [1.54, 1.807) is 0 Å². The summed E-state index contributed by atoms with van der Waals surface area (Å²) >= 11 is 0. The first-order valence-electron chi connectivity index (χ1n) is 6.75. The predicted molar refractivity (Wildman–Crippen MR) is 72.4 cm³/mol. The van der Waals surface area contributed by atoms with Crippen LogP contribution in [0.15, 0.2) is 36.4 Å². The lowest BCUT2D eigenvalue weighted by molar-refractivity contribution is 0.0945. The van der Waals surface area contributed by atoms with Crippen LogP contribution < -0.4 is 5.32 Å². The average molecular weight is 241 g/mol. The number of fused-ring (bicyclic) bond motifs is 2. The molecule has 0 aromatic heterocycles. The van der Waals surface area contributed by atoms with Crippen LogP contribution in [0.2, 0.25) is 0 Å². The Balaban J connectivity index is 1.56. The smallest absolute Gasteiger partial charge is 0.251 e. The lowest BCUT2D eigenvalue weighted by Gasteiger charge is -2.18. The highest BCUT2D eigenvalue weighted by Crippen LogP contribution is 2.42. The summed E-state index contributed by atoms with van der Waals surface area (Å²) in [5, 5.41) is 3.07. The van der Waals surface area contributed by atoms with Crippen LogP contribution >= 0.6 is 0 Å².